The first kappa shape index (κ1) is 9.96. The van der Waals surface area contributed by atoms with Gasteiger partial charge in [0, 0.05) is 13.1 Å². The lowest BCUT2D eigenvalue weighted by atomic mass is 10.1. The fourth-order valence-corrected chi connectivity index (χ4v) is 1.05. The van der Waals surface area contributed by atoms with Crippen LogP contribution in [0.5, 0.6) is 0 Å². The van der Waals surface area contributed by atoms with Gasteiger partial charge >= 0.3 is 0 Å². The number of rotatable bonds is 3. The highest BCUT2D eigenvalue weighted by Gasteiger charge is 2.21. The maximum Gasteiger partial charge on any atom is 0.0841 e. The maximum atomic E-state index is 5.78. The molecule has 0 bridgehead atoms. The van der Waals surface area contributed by atoms with E-state index < -0.39 is 0 Å². The standard InChI is InChI=1S/C9H19NO2/c1-4-9(2,3)12-10-5-7-11-8-6-10/h4-8H2,1-3H3. The molecule has 0 aromatic carbocycles. The van der Waals surface area contributed by atoms with Gasteiger partial charge in [0.15, 0.2) is 0 Å². The molecule has 1 fully saturated rings. The Kier molecular flexibility index (Phi) is 3.50. The van der Waals surface area contributed by atoms with Crippen LogP contribution in [-0.2, 0) is 9.57 Å². The van der Waals surface area contributed by atoms with E-state index in [9.17, 15) is 0 Å². The van der Waals surface area contributed by atoms with Gasteiger partial charge in [0.1, 0.15) is 0 Å². The molecular formula is C9H19NO2. The van der Waals surface area contributed by atoms with E-state index in [1.807, 2.05) is 5.06 Å². The van der Waals surface area contributed by atoms with Crippen molar-refractivity contribution in [1.29, 1.82) is 0 Å². The summed E-state index contributed by atoms with van der Waals surface area (Å²) < 4.78 is 5.23. The first-order valence-electron chi connectivity index (χ1n) is 4.66. The molecule has 0 saturated carbocycles. The van der Waals surface area contributed by atoms with Crippen LogP contribution in [0.25, 0.3) is 0 Å². The van der Waals surface area contributed by atoms with Gasteiger partial charge in [-0.2, -0.15) is 5.06 Å². The SMILES string of the molecule is CCC(C)(C)ON1CCOCC1. The molecule has 0 aliphatic carbocycles. The summed E-state index contributed by atoms with van der Waals surface area (Å²) in [5.41, 5.74) is -0.0304. The fourth-order valence-electron chi connectivity index (χ4n) is 1.05. The minimum Gasteiger partial charge on any atom is -0.379 e. The highest BCUT2D eigenvalue weighted by Crippen LogP contribution is 2.16. The van der Waals surface area contributed by atoms with Gasteiger partial charge in [-0.1, -0.05) is 6.92 Å². The van der Waals surface area contributed by atoms with Crippen molar-refractivity contribution in [1.82, 2.24) is 5.06 Å². The fraction of sp³-hybridized carbons (Fsp3) is 1.00. The lowest BCUT2D eigenvalue weighted by Crippen LogP contribution is -2.42. The number of morpholine rings is 1. The zero-order valence-corrected chi connectivity index (χ0v) is 8.30. The number of hydrogen-bond acceptors (Lipinski definition) is 3. The summed E-state index contributed by atoms with van der Waals surface area (Å²) in [6.45, 7) is 9.73. The third-order valence-electron chi connectivity index (χ3n) is 2.20. The summed E-state index contributed by atoms with van der Waals surface area (Å²) in [7, 11) is 0. The molecule has 1 rings (SSSR count). The first-order valence-corrected chi connectivity index (χ1v) is 4.66. The van der Waals surface area contributed by atoms with Crippen LogP contribution in [-0.4, -0.2) is 37.0 Å². The van der Waals surface area contributed by atoms with Crippen LogP contribution in [0.1, 0.15) is 27.2 Å². The minimum atomic E-state index is -0.0304. The summed E-state index contributed by atoms with van der Waals surface area (Å²) in [5.74, 6) is 0. The van der Waals surface area contributed by atoms with Crippen molar-refractivity contribution < 1.29 is 9.57 Å². The van der Waals surface area contributed by atoms with Gasteiger partial charge in [-0.05, 0) is 20.3 Å². The Labute approximate surface area is 74.6 Å². The van der Waals surface area contributed by atoms with Gasteiger partial charge in [-0.15, -0.1) is 0 Å². The van der Waals surface area contributed by atoms with Crippen molar-refractivity contribution in [3.05, 3.63) is 0 Å². The van der Waals surface area contributed by atoms with Gasteiger partial charge in [0.2, 0.25) is 0 Å². The van der Waals surface area contributed by atoms with Gasteiger partial charge < -0.3 is 4.74 Å². The summed E-state index contributed by atoms with van der Waals surface area (Å²) in [6.07, 6.45) is 1.03. The molecule has 0 atom stereocenters. The topological polar surface area (TPSA) is 21.7 Å². The van der Waals surface area contributed by atoms with Crippen molar-refractivity contribution in [3.8, 4) is 0 Å². The molecule has 0 N–H and O–H groups in total. The van der Waals surface area contributed by atoms with Crippen molar-refractivity contribution >= 4 is 0 Å². The second-order valence-corrected chi connectivity index (χ2v) is 3.75. The zero-order valence-electron chi connectivity index (χ0n) is 8.30. The third kappa shape index (κ3) is 3.09. The molecule has 0 unspecified atom stereocenters. The number of ether oxygens (including phenoxy) is 1. The second-order valence-electron chi connectivity index (χ2n) is 3.75. The monoisotopic (exact) mass is 173 g/mol. The van der Waals surface area contributed by atoms with Crippen molar-refractivity contribution in [2.24, 2.45) is 0 Å². The van der Waals surface area contributed by atoms with Crippen molar-refractivity contribution in [2.45, 2.75) is 32.8 Å². The predicted octanol–water partition coefficient (Wildman–Crippen LogP) is 1.44. The minimum absolute atomic E-state index is 0.0304. The van der Waals surface area contributed by atoms with E-state index >= 15 is 0 Å². The largest absolute Gasteiger partial charge is 0.379 e. The molecule has 1 aliphatic heterocycles. The summed E-state index contributed by atoms with van der Waals surface area (Å²) >= 11 is 0. The molecule has 0 spiro atoms. The van der Waals surface area contributed by atoms with Gasteiger partial charge in [0.05, 0.1) is 18.8 Å². The van der Waals surface area contributed by atoms with Crippen molar-refractivity contribution in [2.75, 3.05) is 26.3 Å². The Morgan fingerprint density at radius 3 is 2.42 bits per heavy atom. The Hall–Kier alpha value is -0.120. The molecule has 12 heavy (non-hydrogen) atoms. The molecular weight excluding hydrogens is 154 g/mol. The zero-order chi connectivity index (χ0) is 9.03. The lowest BCUT2D eigenvalue weighted by Gasteiger charge is -2.33. The van der Waals surface area contributed by atoms with E-state index in [4.69, 9.17) is 9.57 Å². The third-order valence-corrected chi connectivity index (χ3v) is 2.20. The number of hydrogen-bond donors (Lipinski definition) is 0. The molecule has 0 aromatic heterocycles. The molecule has 3 heteroatoms. The molecule has 0 radical (unpaired) electrons. The average molecular weight is 173 g/mol. The number of nitrogens with zero attached hydrogens (tertiary/aromatic N) is 1. The number of hydroxylamine groups is 2. The van der Waals surface area contributed by atoms with E-state index in [-0.39, 0.29) is 5.60 Å². The summed E-state index contributed by atoms with van der Waals surface area (Å²) in [5, 5.41) is 2.01. The highest BCUT2D eigenvalue weighted by molar-refractivity contribution is 4.65. The van der Waals surface area contributed by atoms with Crippen LogP contribution in [0, 0.1) is 0 Å². The first-order chi connectivity index (χ1) is 5.64. The Morgan fingerprint density at radius 2 is 1.92 bits per heavy atom. The van der Waals surface area contributed by atoms with Crippen LogP contribution < -0.4 is 0 Å². The normalized spacial score (nSPS) is 21.2. The Bertz CT molecular complexity index is 130. The average Bonchev–Trinajstić information content (AvgIpc) is 2.06. The molecule has 3 nitrogen and oxygen atoms in total. The van der Waals surface area contributed by atoms with Gasteiger partial charge in [-0.3, -0.25) is 4.84 Å². The van der Waals surface area contributed by atoms with Crippen LogP contribution in [0.2, 0.25) is 0 Å². The Morgan fingerprint density at radius 1 is 1.33 bits per heavy atom. The van der Waals surface area contributed by atoms with Gasteiger partial charge in [-0.25, -0.2) is 0 Å². The smallest absolute Gasteiger partial charge is 0.0841 e. The van der Waals surface area contributed by atoms with E-state index in [0.717, 1.165) is 32.7 Å². The van der Waals surface area contributed by atoms with E-state index in [1.165, 1.54) is 0 Å². The summed E-state index contributed by atoms with van der Waals surface area (Å²) in [4.78, 5) is 5.78. The van der Waals surface area contributed by atoms with Crippen LogP contribution in [0.3, 0.4) is 0 Å². The quantitative estimate of drug-likeness (QED) is 0.644. The van der Waals surface area contributed by atoms with E-state index in [0.29, 0.717) is 0 Å². The maximum absolute atomic E-state index is 5.78. The van der Waals surface area contributed by atoms with Crippen LogP contribution in [0.15, 0.2) is 0 Å². The van der Waals surface area contributed by atoms with Gasteiger partial charge in [0.25, 0.3) is 0 Å². The molecule has 72 valence electrons. The second kappa shape index (κ2) is 4.21. The lowest BCUT2D eigenvalue weighted by molar-refractivity contribution is -0.257. The molecule has 1 heterocycles. The summed E-state index contributed by atoms with van der Waals surface area (Å²) in [6, 6.07) is 0. The highest BCUT2D eigenvalue weighted by atomic mass is 16.7. The predicted molar refractivity (Wildman–Crippen MR) is 47.8 cm³/mol. The molecule has 0 amide bonds. The van der Waals surface area contributed by atoms with Crippen LogP contribution >= 0.6 is 0 Å². The Balaban J connectivity index is 2.28. The van der Waals surface area contributed by atoms with E-state index in [1.54, 1.807) is 0 Å². The molecule has 1 saturated heterocycles. The molecule has 1 aliphatic rings. The molecule has 0 aromatic rings. The van der Waals surface area contributed by atoms with Crippen molar-refractivity contribution in [3.63, 3.8) is 0 Å². The van der Waals surface area contributed by atoms with E-state index in [2.05, 4.69) is 20.8 Å². The van der Waals surface area contributed by atoms with Crippen LogP contribution in [0.4, 0.5) is 0 Å².